The van der Waals surface area contributed by atoms with E-state index in [1.165, 1.54) is 22.4 Å². The molecule has 2 heteroatoms. The first kappa shape index (κ1) is 13.9. The van der Waals surface area contributed by atoms with Crippen LogP contribution >= 0.6 is 0 Å². The maximum Gasteiger partial charge on any atom is 0.106 e. The topological polar surface area (TPSA) is 24.4 Å². The van der Waals surface area contributed by atoms with E-state index in [-0.39, 0.29) is 5.41 Å². The summed E-state index contributed by atoms with van der Waals surface area (Å²) >= 11 is 0. The van der Waals surface area contributed by atoms with Crippen LogP contribution in [-0.2, 0) is 18.4 Å². The number of hydrogen-bond donors (Lipinski definition) is 1. The molecule has 0 unspecified atom stereocenters. The zero-order valence-electron chi connectivity index (χ0n) is 13.0. The van der Waals surface area contributed by atoms with Gasteiger partial charge in [-0.25, -0.2) is 0 Å². The summed E-state index contributed by atoms with van der Waals surface area (Å²) in [6, 6.07) is 17.1. The minimum absolute atomic E-state index is 0.193. The Kier molecular flexibility index (Phi) is 3.54. The van der Waals surface area contributed by atoms with E-state index < -0.39 is 0 Å². The second kappa shape index (κ2) is 5.36. The van der Waals surface area contributed by atoms with Crippen LogP contribution in [0.25, 0.3) is 0 Å². The zero-order valence-corrected chi connectivity index (χ0v) is 13.0. The maximum absolute atomic E-state index is 4.71. The summed E-state index contributed by atoms with van der Waals surface area (Å²) in [5.74, 6) is 1.07. The summed E-state index contributed by atoms with van der Waals surface area (Å²) in [5.41, 5.74) is 5.38. The molecule has 0 amide bonds. The highest BCUT2D eigenvalue weighted by Crippen LogP contribution is 2.30. The molecule has 21 heavy (non-hydrogen) atoms. The molecule has 0 spiro atoms. The number of amidine groups is 1. The second-order valence-corrected chi connectivity index (χ2v) is 6.67. The summed E-state index contributed by atoms with van der Waals surface area (Å²) < 4.78 is 0. The van der Waals surface area contributed by atoms with Gasteiger partial charge < -0.3 is 5.32 Å². The molecule has 0 saturated heterocycles. The Bertz CT molecular complexity index is 664. The van der Waals surface area contributed by atoms with Crippen LogP contribution in [0.2, 0.25) is 0 Å². The molecule has 0 radical (unpaired) electrons. The van der Waals surface area contributed by atoms with E-state index in [0.717, 1.165) is 18.8 Å². The molecular formula is C19H22N2. The lowest BCUT2D eigenvalue weighted by atomic mass is 9.86. The molecule has 1 aliphatic heterocycles. The Morgan fingerprint density at radius 3 is 2.52 bits per heavy atom. The Hall–Kier alpha value is -2.09. The third-order valence-electron chi connectivity index (χ3n) is 3.90. The number of anilines is 1. The lowest BCUT2D eigenvalue weighted by molar-refractivity contribution is 0.590. The van der Waals surface area contributed by atoms with Crippen LogP contribution in [0.3, 0.4) is 0 Å². The Labute approximate surface area is 126 Å². The number of rotatable bonds is 2. The van der Waals surface area contributed by atoms with Crippen molar-refractivity contribution in [1.82, 2.24) is 0 Å². The number of benzene rings is 2. The summed E-state index contributed by atoms with van der Waals surface area (Å²) in [7, 11) is 0. The van der Waals surface area contributed by atoms with Crippen LogP contribution in [0.5, 0.6) is 0 Å². The third kappa shape index (κ3) is 3.15. The lowest BCUT2D eigenvalue weighted by Crippen LogP contribution is -2.10. The minimum atomic E-state index is 0.193. The number of aliphatic imine (C=N–C) groups is 1. The summed E-state index contributed by atoms with van der Waals surface area (Å²) in [5, 5.41) is 3.43. The monoisotopic (exact) mass is 278 g/mol. The first-order valence-electron chi connectivity index (χ1n) is 7.50. The summed E-state index contributed by atoms with van der Waals surface area (Å²) in [4.78, 5) is 4.71. The Balaban J connectivity index is 1.75. The molecule has 0 bridgehead atoms. The molecule has 1 heterocycles. The quantitative estimate of drug-likeness (QED) is 0.856. The van der Waals surface area contributed by atoms with Gasteiger partial charge in [0.05, 0.1) is 6.54 Å². The van der Waals surface area contributed by atoms with Crippen molar-refractivity contribution in [2.24, 2.45) is 4.99 Å². The van der Waals surface area contributed by atoms with Crippen LogP contribution in [0, 0.1) is 0 Å². The average Bonchev–Trinajstić information content (AvgIpc) is 2.87. The van der Waals surface area contributed by atoms with Crippen molar-refractivity contribution in [1.29, 1.82) is 0 Å². The van der Waals surface area contributed by atoms with E-state index >= 15 is 0 Å². The van der Waals surface area contributed by atoms with Gasteiger partial charge in [-0.15, -0.1) is 0 Å². The summed E-state index contributed by atoms with van der Waals surface area (Å²) in [6.45, 7) is 7.49. The van der Waals surface area contributed by atoms with Crippen LogP contribution in [0.4, 0.5) is 5.69 Å². The van der Waals surface area contributed by atoms with Gasteiger partial charge in [0, 0.05) is 12.1 Å². The molecule has 0 atom stereocenters. The second-order valence-electron chi connectivity index (χ2n) is 6.67. The van der Waals surface area contributed by atoms with Gasteiger partial charge in [-0.3, -0.25) is 4.99 Å². The Morgan fingerprint density at radius 1 is 1.05 bits per heavy atom. The molecule has 3 rings (SSSR count). The van der Waals surface area contributed by atoms with E-state index in [1.54, 1.807) is 0 Å². The van der Waals surface area contributed by atoms with Crippen molar-refractivity contribution >= 4 is 11.5 Å². The van der Waals surface area contributed by atoms with Gasteiger partial charge in [-0.05, 0) is 28.2 Å². The van der Waals surface area contributed by atoms with E-state index in [0.29, 0.717) is 0 Å². The van der Waals surface area contributed by atoms with Gasteiger partial charge in [0.15, 0.2) is 0 Å². The smallest absolute Gasteiger partial charge is 0.106 e. The van der Waals surface area contributed by atoms with Crippen molar-refractivity contribution in [2.45, 2.75) is 39.2 Å². The third-order valence-corrected chi connectivity index (χ3v) is 3.90. The highest BCUT2D eigenvalue weighted by Gasteiger charge is 2.20. The molecule has 0 saturated carbocycles. The Morgan fingerprint density at radius 2 is 1.81 bits per heavy atom. The van der Waals surface area contributed by atoms with E-state index in [4.69, 9.17) is 4.99 Å². The van der Waals surface area contributed by atoms with Gasteiger partial charge >= 0.3 is 0 Å². The van der Waals surface area contributed by atoms with Gasteiger partial charge in [-0.1, -0.05) is 63.2 Å². The molecule has 2 aromatic carbocycles. The van der Waals surface area contributed by atoms with Crippen molar-refractivity contribution in [3.63, 3.8) is 0 Å². The number of hydrogen-bond acceptors (Lipinski definition) is 1. The molecule has 0 fully saturated rings. The molecular weight excluding hydrogens is 256 g/mol. The largest absolute Gasteiger partial charge is 0.344 e. The molecule has 1 N–H and O–H groups in total. The molecule has 2 aromatic rings. The van der Waals surface area contributed by atoms with Crippen molar-refractivity contribution in [3.8, 4) is 0 Å². The van der Waals surface area contributed by atoms with E-state index in [9.17, 15) is 0 Å². The fourth-order valence-electron chi connectivity index (χ4n) is 2.57. The van der Waals surface area contributed by atoms with Gasteiger partial charge in [0.1, 0.15) is 5.84 Å². The van der Waals surface area contributed by atoms with Crippen LogP contribution < -0.4 is 5.32 Å². The summed E-state index contributed by atoms with van der Waals surface area (Å²) in [6.07, 6.45) is 0.909. The van der Waals surface area contributed by atoms with E-state index in [1.807, 2.05) is 6.07 Å². The highest BCUT2D eigenvalue weighted by atomic mass is 15.0. The first-order chi connectivity index (χ1) is 10.0. The van der Waals surface area contributed by atoms with Crippen molar-refractivity contribution in [2.75, 3.05) is 5.32 Å². The van der Waals surface area contributed by atoms with Crippen molar-refractivity contribution in [3.05, 3.63) is 65.2 Å². The predicted molar refractivity (Wildman–Crippen MR) is 90.0 cm³/mol. The van der Waals surface area contributed by atoms with Gasteiger partial charge in [0.2, 0.25) is 0 Å². The fraction of sp³-hybridized carbons (Fsp3) is 0.316. The number of nitrogens with one attached hydrogen (secondary N) is 1. The highest BCUT2D eigenvalue weighted by molar-refractivity contribution is 6.03. The number of nitrogens with zero attached hydrogens (tertiary/aromatic N) is 1. The SMILES string of the molecule is CC(C)(C)c1ccc2c(c1)CC(=NCc1ccccc1)N2. The molecule has 108 valence electrons. The zero-order chi connectivity index (χ0) is 14.9. The normalized spacial score (nSPS) is 15.9. The fourth-order valence-corrected chi connectivity index (χ4v) is 2.57. The lowest BCUT2D eigenvalue weighted by Gasteiger charge is -2.19. The predicted octanol–water partition coefficient (Wildman–Crippen LogP) is 4.55. The van der Waals surface area contributed by atoms with Gasteiger partial charge in [0.25, 0.3) is 0 Å². The molecule has 1 aliphatic rings. The minimum Gasteiger partial charge on any atom is -0.344 e. The maximum atomic E-state index is 4.71. The average molecular weight is 278 g/mol. The van der Waals surface area contributed by atoms with Crippen LogP contribution in [0.1, 0.15) is 37.5 Å². The van der Waals surface area contributed by atoms with Crippen LogP contribution in [0.15, 0.2) is 53.5 Å². The number of fused-ring (bicyclic) bond motifs is 1. The standard InChI is InChI=1S/C19H22N2/c1-19(2,3)16-9-10-17-15(11-16)12-18(21-17)20-13-14-7-5-4-6-8-14/h4-11H,12-13H2,1-3H3,(H,20,21). The first-order valence-corrected chi connectivity index (χ1v) is 7.50. The van der Waals surface area contributed by atoms with E-state index in [2.05, 4.69) is 68.6 Å². The van der Waals surface area contributed by atoms with Gasteiger partial charge in [-0.2, -0.15) is 0 Å². The van der Waals surface area contributed by atoms with Crippen LogP contribution in [-0.4, -0.2) is 5.84 Å². The molecule has 0 aromatic heterocycles. The molecule has 0 aliphatic carbocycles. The van der Waals surface area contributed by atoms with Crippen molar-refractivity contribution < 1.29 is 0 Å². The molecule has 2 nitrogen and oxygen atoms in total.